The Morgan fingerprint density at radius 1 is 1.08 bits per heavy atom. The van der Waals surface area contributed by atoms with E-state index < -0.39 is 11.8 Å². The number of imidazole rings is 1. The van der Waals surface area contributed by atoms with E-state index in [2.05, 4.69) is 23.7 Å². The van der Waals surface area contributed by atoms with Crippen molar-refractivity contribution in [1.82, 2.24) is 23.6 Å². The van der Waals surface area contributed by atoms with Crippen molar-refractivity contribution in [2.45, 2.75) is 65.0 Å². The number of benzene rings is 1. The zero-order chi connectivity index (χ0) is 28.3. The van der Waals surface area contributed by atoms with Gasteiger partial charge in [0, 0.05) is 38.6 Å². The highest BCUT2D eigenvalue weighted by Gasteiger charge is 2.29. The molecule has 0 radical (unpaired) electrons. The van der Waals surface area contributed by atoms with Crippen LogP contribution in [0.4, 0.5) is 0 Å². The van der Waals surface area contributed by atoms with E-state index in [1.165, 1.54) is 11.6 Å². The van der Waals surface area contributed by atoms with Crippen LogP contribution < -0.4 is 11.2 Å². The lowest BCUT2D eigenvalue weighted by Gasteiger charge is -2.36. The van der Waals surface area contributed by atoms with Crippen LogP contribution in [0, 0.1) is 5.41 Å². The van der Waals surface area contributed by atoms with E-state index in [9.17, 15) is 19.8 Å². The number of phenols is 1. The number of hydrogen-bond acceptors (Lipinski definition) is 8. The van der Waals surface area contributed by atoms with Crippen LogP contribution in [0.5, 0.6) is 5.75 Å². The Hall–Kier alpha value is -2.99. The van der Waals surface area contributed by atoms with Gasteiger partial charge in [-0.15, -0.1) is 0 Å². The van der Waals surface area contributed by atoms with Crippen molar-refractivity contribution in [2.24, 2.45) is 19.5 Å². The predicted octanol–water partition coefficient (Wildman–Crippen LogP) is 2.13. The Balaban J connectivity index is 1.44. The number of ether oxygens (including phenoxy) is 2. The van der Waals surface area contributed by atoms with E-state index in [4.69, 9.17) is 9.47 Å². The van der Waals surface area contributed by atoms with Crippen molar-refractivity contribution in [3.05, 3.63) is 57.0 Å². The highest BCUT2D eigenvalue weighted by Crippen LogP contribution is 2.26. The molecule has 4 rings (SSSR count). The van der Waals surface area contributed by atoms with Gasteiger partial charge in [-0.25, -0.2) is 9.78 Å². The molecule has 1 fully saturated rings. The summed E-state index contributed by atoms with van der Waals surface area (Å²) < 4.78 is 16.1. The number of aromatic nitrogens is 4. The maximum absolute atomic E-state index is 12.8. The van der Waals surface area contributed by atoms with E-state index >= 15 is 0 Å². The largest absolute Gasteiger partial charge is 0.508 e. The summed E-state index contributed by atoms with van der Waals surface area (Å²) in [5.41, 5.74) is 0.751. The van der Waals surface area contributed by atoms with Crippen LogP contribution in [0.2, 0.25) is 0 Å². The van der Waals surface area contributed by atoms with Gasteiger partial charge in [-0.2, -0.15) is 0 Å². The molecule has 1 aliphatic heterocycles. The molecule has 3 aromatic rings. The molecule has 1 aliphatic rings. The second-order valence-corrected chi connectivity index (χ2v) is 11.3. The second-order valence-electron chi connectivity index (χ2n) is 11.3. The molecular weight excluding hydrogens is 502 g/mol. The van der Waals surface area contributed by atoms with Crippen molar-refractivity contribution in [3.8, 4) is 5.75 Å². The van der Waals surface area contributed by atoms with E-state index in [0.717, 1.165) is 29.5 Å². The number of nitrogens with zero attached hydrogens (tertiary/aromatic N) is 5. The van der Waals surface area contributed by atoms with Crippen LogP contribution >= 0.6 is 0 Å². The van der Waals surface area contributed by atoms with Gasteiger partial charge in [-0.3, -0.25) is 18.8 Å². The number of aliphatic hydroxyl groups is 1. The Morgan fingerprint density at radius 2 is 1.72 bits per heavy atom. The zero-order valence-corrected chi connectivity index (χ0v) is 23.5. The summed E-state index contributed by atoms with van der Waals surface area (Å²) in [5, 5.41) is 20.8. The fourth-order valence-electron chi connectivity index (χ4n) is 5.03. The third kappa shape index (κ3) is 6.60. The minimum atomic E-state index is -0.746. The summed E-state index contributed by atoms with van der Waals surface area (Å²) >= 11 is 0. The van der Waals surface area contributed by atoms with E-state index in [0.29, 0.717) is 43.9 Å². The first-order valence-corrected chi connectivity index (χ1v) is 13.5. The molecule has 3 heterocycles. The van der Waals surface area contributed by atoms with Gasteiger partial charge in [-0.1, -0.05) is 26.0 Å². The minimum absolute atomic E-state index is 0.0239. The van der Waals surface area contributed by atoms with Gasteiger partial charge in [-0.05, 0) is 50.4 Å². The molecular formula is C28H41N5O6. The molecule has 0 amide bonds. The van der Waals surface area contributed by atoms with Crippen LogP contribution in [0.25, 0.3) is 11.2 Å². The summed E-state index contributed by atoms with van der Waals surface area (Å²) in [7, 11) is 3.08. The molecule has 2 atom stereocenters. The van der Waals surface area contributed by atoms with E-state index in [1.807, 2.05) is 6.92 Å². The lowest BCUT2D eigenvalue weighted by atomic mass is 9.95. The summed E-state index contributed by atoms with van der Waals surface area (Å²) in [6.07, 6.45) is 2.92. The number of phenolic OH excluding ortho intramolecular Hbond substituents is 1. The van der Waals surface area contributed by atoms with Gasteiger partial charge < -0.3 is 24.3 Å². The molecule has 2 N–H and O–H groups in total. The second kappa shape index (κ2) is 12.0. The molecule has 2 unspecified atom stereocenters. The van der Waals surface area contributed by atoms with Crippen LogP contribution in [-0.2, 0) is 30.1 Å². The molecule has 1 saturated heterocycles. The average molecular weight is 544 g/mol. The molecule has 11 heteroatoms. The molecule has 0 saturated carbocycles. The van der Waals surface area contributed by atoms with Gasteiger partial charge in [0.05, 0.1) is 25.6 Å². The molecule has 0 spiro atoms. The SMILES string of the molecule is CC(C(O)c1ccc(O)cc1)N(CCCC1OCC(C)(C)CO1)CCCn1cnc2c1c(=O)n(C)c(=O)n2C. The minimum Gasteiger partial charge on any atom is -0.508 e. The fraction of sp³-hybridized carbons (Fsp3) is 0.607. The summed E-state index contributed by atoms with van der Waals surface area (Å²) in [5.74, 6) is 0.155. The average Bonchev–Trinajstić information content (AvgIpc) is 3.34. The Kier molecular flexibility index (Phi) is 8.95. The van der Waals surface area contributed by atoms with E-state index in [-0.39, 0.29) is 29.1 Å². The Morgan fingerprint density at radius 3 is 2.38 bits per heavy atom. The van der Waals surface area contributed by atoms with Crippen molar-refractivity contribution in [2.75, 3.05) is 26.3 Å². The number of rotatable bonds is 11. The van der Waals surface area contributed by atoms with Crippen molar-refractivity contribution < 1.29 is 19.7 Å². The number of hydrogen-bond donors (Lipinski definition) is 2. The highest BCUT2D eigenvalue weighted by atomic mass is 16.7. The summed E-state index contributed by atoms with van der Waals surface area (Å²) in [6.45, 7) is 9.50. The zero-order valence-electron chi connectivity index (χ0n) is 23.5. The van der Waals surface area contributed by atoms with Gasteiger partial charge >= 0.3 is 5.69 Å². The predicted molar refractivity (Wildman–Crippen MR) is 148 cm³/mol. The van der Waals surface area contributed by atoms with Crippen LogP contribution in [0.3, 0.4) is 0 Å². The standard InChI is InChI=1S/C28H41N5O6/c1-19(24(35)20-9-11-21(34)12-10-20)32(13-6-8-22-38-16-28(2,3)17-39-22)14-7-15-33-18-29-25-23(33)26(36)31(5)27(37)30(25)4/h9-12,18-19,22,24,34-35H,6-8,13-17H2,1-5H3. The fourth-order valence-corrected chi connectivity index (χ4v) is 5.03. The number of aromatic hydroxyl groups is 1. The Labute approximate surface area is 228 Å². The molecule has 214 valence electrons. The molecule has 0 bridgehead atoms. The van der Waals surface area contributed by atoms with Gasteiger partial charge in [0.2, 0.25) is 0 Å². The van der Waals surface area contributed by atoms with Crippen LogP contribution in [0.15, 0.2) is 40.2 Å². The first-order chi connectivity index (χ1) is 18.5. The van der Waals surface area contributed by atoms with Gasteiger partial charge in [0.25, 0.3) is 5.56 Å². The highest BCUT2D eigenvalue weighted by molar-refractivity contribution is 5.69. The lowest BCUT2D eigenvalue weighted by Crippen LogP contribution is -2.41. The maximum Gasteiger partial charge on any atom is 0.332 e. The molecule has 11 nitrogen and oxygen atoms in total. The molecule has 0 aliphatic carbocycles. The van der Waals surface area contributed by atoms with Crippen molar-refractivity contribution >= 4 is 11.2 Å². The maximum atomic E-state index is 12.8. The number of aryl methyl sites for hydroxylation is 2. The van der Waals surface area contributed by atoms with Crippen molar-refractivity contribution in [1.29, 1.82) is 0 Å². The van der Waals surface area contributed by atoms with Crippen LogP contribution in [0.1, 0.15) is 51.7 Å². The third-order valence-corrected chi connectivity index (χ3v) is 7.53. The third-order valence-electron chi connectivity index (χ3n) is 7.53. The number of aliphatic hydroxyl groups excluding tert-OH is 1. The van der Waals surface area contributed by atoms with Crippen molar-refractivity contribution in [3.63, 3.8) is 0 Å². The summed E-state index contributed by atoms with van der Waals surface area (Å²) in [4.78, 5) is 31.6. The molecule has 1 aromatic carbocycles. The van der Waals surface area contributed by atoms with Crippen LogP contribution in [-0.4, -0.2) is 72.4 Å². The first-order valence-electron chi connectivity index (χ1n) is 13.5. The first kappa shape index (κ1) is 29.0. The molecule has 2 aromatic heterocycles. The van der Waals surface area contributed by atoms with E-state index in [1.54, 1.807) is 42.2 Å². The summed E-state index contributed by atoms with van der Waals surface area (Å²) in [6, 6.07) is 6.42. The number of fused-ring (bicyclic) bond motifs is 1. The Bertz CT molecular complexity index is 1370. The molecule has 39 heavy (non-hydrogen) atoms. The quantitative estimate of drug-likeness (QED) is 0.377. The smallest absolute Gasteiger partial charge is 0.332 e. The lowest BCUT2D eigenvalue weighted by molar-refractivity contribution is -0.224. The van der Waals surface area contributed by atoms with Gasteiger partial charge in [0.15, 0.2) is 17.5 Å². The monoisotopic (exact) mass is 543 g/mol. The topological polar surface area (TPSA) is 124 Å². The van der Waals surface area contributed by atoms with Gasteiger partial charge in [0.1, 0.15) is 5.75 Å². The normalized spacial score (nSPS) is 17.6.